The summed E-state index contributed by atoms with van der Waals surface area (Å²) in [4.78, 5) is 0. The largest absolute Gasteiger partial charge is 0.375 e. The average molecular weight is 246 g/mol. The Balaban J connectivity index is 1.99. The molecule has 1 saturated heterocycles. The van der Waals surface area contributed by atoms with Crippen molar-refractivity contribution in [3.8, 4) is 0 Å². The molecule has 3 atom stereocenters. The highest BCUT2D eigenvalue weighted by Crippen LogP contribution is 2.45. The molecule has 0 spiro atoms. The van der Waals surface area contributed by atoms with Gasteiger partial charge in [-0.15, -0.1) is 0 Å². The molecule has 4 nitrogen and oxygen atoms in total. The van der Waals surface area contributed by atoms with Crippen molar-refractivity contribution in [2.75, 3.05) is 19.5 Å². The predicted octanol–water partition coefficient (Wildman–Crippen LogP) is 1.19. The van der Waals surface area contributed by atoms with Crippen molar-refractivity contribution >= 4 is 10.1 Å². The first kappa shape index (κ1) is 12.1. The van der Waals surface area contributed by atoms with Gasteiger partial charge in [-0.1, -0.05) is 12.2 Å². The summed E-state index contributed by atoms with van der Waals surface area (Å²) in [6.07, 6.45) is 5.27. The number of hydrogen-bond acceptors (Lipinski definition) is 4. The molecular weight excluding hydrogens is 228 g/mol. The van der Waals surface area contributed by atoms with Gasteiger partial charge in [0.2, 0.25) is 0 Å². The maximum absolute atomic E-state index is 10.9. The van der Waals surface area contributed by atoms with E-state index >= 15 is 0 Å². The average Bonchev–Trinajstić information content (AvgIpc) is 2.64. The molecule has 92 valence electrons. The van der Waals surface area contributed by atoms with E-state index in [1.54, 1.807) is 0 Å². The van der Waals surface area contributed by atoms with Gasteiger partial charge in [0.05, 0.1) is 25.1 Å². The van der Waals surface area contributed by atoms with Crippen LogP contribution in [0.15, 0.2) is 12.2 Å². The molecule has 0 saturated carbocycles. The molecule has 5 heteroatoms. The van der Waals surface area contributed by atoms with Crippen molar-refractivity contribution in [2.45, 2.75) is 19.4 Å². The normalized spacial score (nSPS) is 36.6. The van der Waals surface area contributed by atoms with Gasteiger partial charge >= 0.3 is 0 Å². The zero-order valence-corrected chi connectivity index (χ0v) is 10.7. The van der Waals surface area contributed by atoms with Crippen LogP contribution in [0, 0.1) is 17.8 Å². The first-order chi connectivity index (χ1) is 7.30. The molecule has 0 bridgehead atoms. The Morgan fingerprint density at radius 2 is 2.12 bits per heavy atom. The van der Waals surface area contributed by atoms with E-state index < -0.39 is 10.1 Å². The highest BCUT2D eigenvalue weighted by molar-refractivity contribution is 7.85. The van der Waals surface area contributed by atoms with Gasteiger partial charge < -0.3 is 4.74 Å². The summed E-state index contributed by atoms with van der Waals surface area (Å²) in [5.74, 6) is 0.888. The van der Waals surface area contributed by atoms with Crippen molar-refractivity contribution in [3.05, 3.63) is 12.2 Å². The summed E-state index contributed by atoms with van der Waals surface area (Å²) in [5.41, 5.74) is -0.138. The molecule has 16 heavy (non-hydrogen) atoms. The minimum absolute atomic E-state index is 0.138. The Bertz CT molecular complexity index is 396. The molecule has 0 radical (unpaired) electrons. The van der Waals surface area contributed by atoms with Crippen molar-refractivity contribution in [1.82, 2.24) is 0 Å². The zero-order valence-electron chi connectivity index (χ0n) is 9.84. The quantitative estimate of drug-likeness (QED) is 0.554. The van der Waals surface area contributed by atoms with Crippen LogP contribution in [0.25, 0.3) is 0 Å². The van der Waals surface area contributed by atoms with Crippen LogP contribution in [0.1, 0.15) is 13.8 Å². The summed E-state index contributed by atoms with van der Waals surface area (Å²) < 4.78 is 32.4. The molecule has 1 aliphatic carbocycles. The second-order valence-corrected chi connectivity index (χ2v) is 6.79. The lowest BCUT2D eigenvalue weighted by molar-refractivity contribution is 0.0199. The van der Waals surface area contributed by atoms with Crippen LogP contribution in [0.4, 0.5) is 0 Å². The summed E-state index contributed by atoms with van der Waals surface area (Å²) in [6, 6.07) is 0. The van der Waals surface area contributed by atoms with E-state index in [0.717, 1.165) is 6.26 Å². The first-order valence-electron chi connectivity index (χ1n) is 5.46. The predicted molar refractivity (Wildman–Crippen MR) is 60.4 cm³/mol. The number of rotatable bonds is 3. The van der Waals surface area contributed by atoms with E-state index in [9.17, 15) is 8.42 Å². The Hall–Kier alpha value is -0.390. The lowest BCUT2D eigenvalue weighted by Gasteiger charge is -2.24. The Kier molecular flexibility index (Phi) is 2.88. The molecule has 0 unspecified atom stereocenters. The monoisotopic (exact) mass is 246 g/mol. The highest BCUT2D eigenvalue weighted by atomic mass is 32.2. The van der Waals surface area contributed by atoms with Crippen molar-refractivity contribution in [2.24, 2.45) is 17.8 Å². The van der Waals surface area contributed by atoms with Crippen LogP contribution >= 0.6 is 0 Å². The topological polar surface area (TPSA) is 52.6 Å². The van der Waals surface area contributed by atoms with Crippen LogP contribution in [0.3, 0.4) is 0 Å². The first-order valence-corrected chi connectivity index (χ1v) is 7.28. The van der Waals surface area contributed by atoms with E-state index in [1.165, 1.54) is 0 Å². The summed E-state index contributed by atoms with van der Waals surface area (Å²) in [5, 5.41) is 0. The number of ether oxygens (including phenoxy) is 1. The van der Waals surface area contributed by atoms with E-state index in [4.69, 9.17) is 8.92 Å². The molecule has 0 aromatic carbocycles. The van der Waals surface area contributed by atoms with Crippen LogP contribution in [0.5, 0.6) is 0 Å². The standard InChI is InChI=1S/C11H18O4S/c1-11(2)10-5-4-8(9(10)7-14-11)6-15-16(3,12)13/h4-5,8-10H,6-7H2,1-3H3/t8-,9+,10-/m0/s1. The third kappa shape index (κ3) is 2.31. The van der Waals surface area contributed by atoms with Crippen LogP contribution < -0.4 is 0 Å². The Morgan fingerprint density at radius 3 is 2.75 bits per heavy atom. The van der Waals surface area contributed by atoms with Gasteiger partial charge in [0.25, 0.3) is 10.1 Å². The molecule has 0 aromatic heterocycles. The SMILES string of the molecule is CC1(C)OC[C@@H]2[C@H](COS(C)(=O)=O)C=C[C@@H]21. The van der Waals surface area contributed by atoms with E-state index in [0.29, 0.717) is 18.4 Å². The molecule has 1 fully saturated rings. The van der Waals surface area contributed by atoms with Crippen molar-refractivity contribution in [1.29, 1.82) is 0 Å². The molecular formula is C11H18O4S. The molecule has 1 heterocycles. The Labute approximate surface area is 96.7 Å². The summed E-state index contributed by atoms with van der Waals surface area (Å²) in [6.45, 7) is 5.06. The maximum atomic E-state index is 10.9. The number of hydrogen-bond donors (Lipinski definition) is 0. The van der Waals surface area contributed by atoms with E-state index in [2.05, 4.69) is 26.0 Å². The van der Waals surface area contributed by atoms with Gasteiger partial charge in [0.15, 0.2) is 0 Å². The number of fused-ring (bicyclic) bond motifs is 1. The third-order valence-electron chi connectivity index (χ3n) is 3.50. The summed E-state index contributed by atoms with van der Waals surface area (Å²) in [7, 11) is -3.34. The van der Waals surface area contributed by atoms with Gasteiger partial charge in [-0.25, -0.2) is 0 Å². The van der Waals surface area contributed by atoms with Gasteiger partial charge in [0.1, 0.15) is 0 Å². The fourth-order valence-electron chi connectivity index (χ4n) is 2.58. The van der Waals surface area contributed by atoms with Crippen LogP contribution in [-0.4, -0.2) is 33.5 Å². The van der Waals surface area contributed by atoms with E-state index in [1.807, 2.05) is 0 Å². The smallest absolute Gasteiger partial charge is 0.264 e. The maximum Gasteiger partial charge on any atom is 0.264 e. The molecule has 1 aliphatic heterocycles. The van der Waals surface area contributed by atoms with Gasteiger partial charge in [-0.2, -0.15) is 8.42 Å². The lowest BCUT2D eigenvalue weighted by Crippen LogP contribution is -2.28. The fourth-order valence-corrected chi connectivity index (χ4v) is 2.98. The molecule has 0 amide bonds. The minimum Gasteiger partial charge on any atom is -0.375 e. The van der Waals surface area contributed by atoms with Gasteiger partial charge in [-0.05, 0) is 19.8 Å². The lowest BCUT2D eigenvalue weighted by atomic mass is 9.83. The van der Waals surface area contributed by atoms with Crippen LogP contribution in [0.2, 0.25) is 0 Å². The molecule has 0 N–H and O–H groups in total. The second kappa shape index (κ2) is 3.82. The summed E-state index contributed by atoms with van der Waals surface area (Å²) >= 11 is 0. The van der Waals surface area contributed by atoms with Crippen molar-refractivity contribution < 1.29 is 17.3 Å². The van der Waals surface area contributed by atoms with E-state index in [-0.39, 0.29) is 18.1 Å². The molecule has 2 rings (SSSR count). The Morgan fingerprint density at radius 1 is 1.44 bits per heavy atom. The highest BCUT2D eigenvalue weighted by Gasteiger charge is 2.47. The molecule has 2 aliphatic rings. The van der Waals surface area contributed by atoms with Gasteiger partial charge in [0, 0.05) is 11.8 Å². The second-order valence-electron chi connectivity index (χ2n) is 5.14. The zero-order chi connectivity index (χ0) is 12.0. The third-order valence-corrected chi connectivity index (χ3v) is 4.07. The van der Waals surface area contributed by atoms with Crippen molar-refractivity contribution in [3.63, 3.8) is 0 Å². The minimum atomic E-state index is -3.34. The fraction of sp³-hybridized carbons (Fsp3) is 0.818. The molecule has 0 aromatic rings. The van der Waals surface area contributed by atoms with Gasteiger partial charge in [-0.3, -0.25) is 4.18 Å². The van der Waals surface area contributed by atoms with Crippen LogP contribution in [-0.2, 0) is 19.0 Å².